The molecule has 0 saturated carbocycles. The minimum atomic E-state index is 0.953. The summed E-state index contributed by atoms with van der Waals surface area (Å²) < 4.78 is 1.78. The second kappa shape index (κ2) is 3.87. The molecule has 0 saturated heterocycles. The molecular formula is C11H11N3. The quantitative estimate of drug-likeness (QED) is 0.659. The van der Waals surface area contributed by atoms with Crippen molar-refractivity contribution in [2.75, 3.05) is 0 Å². The molecule has 2 rings (SSSR count). The molecule has 3 nitrogen and oxygen atoms in total. The molecule has 0 aromatic carbocycles. The maximum atomic E-state index is 4.38. The molecule has 0 N–H and O–H groups in total. The molecule has 0 amide bonds. The van der Waals surface area contributed by atoms with Gasteiger partial charge in [0.1, 0.15) is 0 Å². The fraction of sp³-hybridized carbons (Fsp3) is 0.0909. The average Bonchev–Trinajstić information content (AvgIpc) is 2.72. The van der Waals surface area contributed by atoms with E-state index >= 15 is 0 Å². The zero-order valence-electron chi connectivity index (χ0n) is 7.96. The molecule has 0 unspecified atom stereocenters. The van der Waals surface area contributed by atoms with Crippen LogP contribution in [0.5, 0.6) is 0 Å². The average molecular weight is 185 g/mol. The molecule has 3 heteroatoms. The number of nitrogens with zero attached hydrogens (tertiary/aromatic N) is 3. The Morgan fingerprint density at radius 1 is 1.29 bits per heavy atom. The summed E-state index contributed by atoms with van der Waals surface area (Å²) >= 11 is 0. The van der Waals surface area contributed by atoms with E-state index in [0.29, 0.717) is 0 Å². The van der Waals surface area contributed by atoms with Crippen molar-refractivity contribution in [2.24, 2.45) is 5.10 Å². The molecule has 70 valence electrons. The van der Waals surface area contributed by atoms with E-state index in [9.17, 15) is 0 Å². The van der Waals surface area contributed by atoms with E-state index in [1.54, 1.807) is 10.9 Å². The van der Waals surface area contributed by atoms with Crippen molar-refractivity contribution in [2.45, 2.75) is 6.92 Å². The Bertz CT molecular complexity index is 415. The van der Waals surface area contributed by atoms with Crippen LogP contribution in [-0.2, 0) is 0 Å². The van der Waals surface area contributed by atoms with E-state index in [1.165, 1.54) is 0 Å². The van der Waals surface area contributed by atoms with Gasteiger partial charge in [-0.2, -0.15) is 5.10 Å². The first-order valence-corrected chi connectivity index (χ1v) is 4.45. The lowest BCUT2D eigenvalue weighted by Crippen LogP contribution is -1.98. The Kier molecular flexibility index (Phi) is 2.40. The zero-order chi connectivity index (χ0) is 9.80. The largest absolute Gasteiger partial charge is 0.264 e. The molecule has 0 aliphatic heterocycles. The summed E-state index contributed by atoms with van der Waals surface area (Å²) in [6, 6.07) is 7.79. The van der Waals surface area contributed by atoms with Gasteiger partial charge in [-0.3, -0.25) is 4.98 Å². The van der Waals surface area contributed by atoms with Gasteiger partial charge in [0.2, 0.25) is 0 Å². The molecule has 0 bridgehead atoms. The van der Waals surface area contributed by atoms with Gasteiger partial charge in [0.05, 0.1) is 5.71 Å². The molecule has 0 atom stereocenters. The van der Waals surface area contributed by atoms with Crippen molar-refractivity contribution in [1.82, 2.24) is 9.66 Å². The maximum Gasteiger partial charge on any atom is 0.0670 e. The molecular weight excluding hydrogens is 174 g/mol. The number of pyridine rings is 1. The highest BCUT2D eigenvalue weighted by atomic mass is 15.3. The standard InChI is InChI=1S/C11H11N3/c1-10(11-5-4-6-12-9-11)13-14-7-2-3-8-14/h2-9H,1H3. The van der Waals surface area contributed by atoms with Crippen LogP contribution in [0.2, 0.25) is 0 Å². The third-order valence-corrected chi connectivity index (χ3v) is 1.93. The van der Waals surface area contributed by atoms with Crippen LogP contribution in [0.3, 0.4) is 0 Å². The number of hydrogen-bond donors (Lipinski definition) is 0. The third-order valence-electron chi connectivity index (χ3n) is 1.93. The van der Waals surface area contributed by atoms with Crippen molar-refractivity contribution in [1.29, 1.82) is 0 Å². The van der Waals surface area contributed by atoms with Crippen molar-refractivity contribution >= 4 is 5.71 Å². The fourth-order valence-corrected chi connectivity index (χ4v) is 1.20. The first kappa shape index (κ1) is 8.69. The Morgan fingerprint density at radius 3 is 2.71 bits per heavy atom. The van der Waals surface area contributed by atoms with Crippen molar-refractivity contribution in [3.05, 3.63) is 54.6 Å². The first-order chi connectivity index (χ1) is 6.86. The second-order valence-corrected chi connectivity index (χ2v) is 2.99. The normalized spacial score (nSPS) is 11.6. The van der Waals surface area contributed by atoms with E-state index in [1.807, 2.05) is 49.8 Å². The van der Waals surface area contributed by atoms with Gasteiger partial charge in [-0.25, -0.2) is 4.68 Å². The summed E-state index contributed by atoms with van der Waals surface area (Å²) in [5.41, 5.74) is 2.00. The molecule has 0 aliphatic rings. The lowest BCUT2D eigenvalue weighted by Gasteiger charge is -1.99. The molecule has 2 aromatic rings. The highest BCUT2D eigenvalue weighted by molar-refractivity contribution is 5.98. The number of hydrogen-bond acceptors (Lipinski definition) is 2. The topological polar surface area (TPSA) is 30.2 Å². The zero-order valence-corrected chi connectivity index (χ0v) is 7.96. The number of rotatable bonds is 2. The lowest BCUT2D eigenvalue weighted by atomic mass is 10.2. The van der Waals surface area contributed by atoms with Gasteiger partial charge in [0.25, 0.3) is 0 Å². The summed E-state index contributed by atoms with van der Waals surface area (Å²) in [6.07, 6.45) is 7.37. The molecule has 2 aromatic heterocycles. The summed E-state index contributed by atoms with van der Waals surface area (Å²) in [7, 11) is 0. The molecule has 2 heterocycles. The van der Waals surface area contributed by atoms with E-state index in [4.69, 9.17) is 0 Å². The van der Waals surface area contributed by atoms with Gasteiger partial charge in [0, 0.05) is 30.4 Å². The van der Waals surface area contributed by atoms with Gasteiger partial charge >= 0.3 is 0 Å². The summed E-state index contributed by atoms with van der Waals surface area (Å²) in [5, 5.41) is 4.38. The second-order valence-electron chi connectivity index (χ2n) is 2.99. The highest BCUT2D eigenvalue weighted by Gasteiger charge is 1.95. The predicted octanol–water partition coefficient (Wildman–Crippen LogP) is 2.16. The van der Waals surface area contributed by atoms with E-state index in [-0.39, 0.29) is 0 Å². The lowest BCUT2D eigenvalue weighted by molar-refractivity contribution is 0.886. The molecule has 14 heavy (non-hydrogen) atoms. The van der Waals surface area contributed by atoms with Crippen LogP contribution in [0.4, 0.5) is 0 Å². The fourth-order valence-electron chi connectivity index (χ4n) is 1.20. The molecule has 0 fully saturated rings. The van der Waals surface area contributed by atoms with Gasteiger partial charge in [-0.1, -0.05) is 6.07 Å². The Morgan fingerprint density at radius 2 is 2.07 bits per heavy atom. The van der Waals surface area contributed by atoms with Crippen molar-refractivity contribution in [3.8, 4) is 0 Å². The Hall–Kier alpha value is -1.90. The maximum absolute atomic E-state index is 4.38. The van der Waals surface area contributed by atoms with Crippen LogP contribution in [0.1, 0.15) is 12.5 Å². The van der Waals surface area contributed by atoms with Crippen molar-refractivity contribution in [3.63, 3.8) is 0 Å². The molecule has 0 spiro atoms. The van der Waals surface area contributed by atoms with E-state index < -0.39 is 0 Å². The smallest absolute Gasteiger partial charge is 0.0670 e. The van der Waals surface area contributed by atoms with Crippen LogP contribution >= 0.6 is 0 Å². The van der Waals surface area contributed by atoms with Gasteiger partial charge in [-0.05, 0) is 25.1 Å². The SMILES string of the molecule is CC(=Nn1cccc1)c1cccnc1. The molecule has 0 radical (unpaired) electrons. The van der Waals surface area contributed by atoms with Crippen molar-refractivity contribution < 1.29 is 0 Å². The first-order valence-electron chi connectivity index (χ1n) is 4.45. The summed E-state index contributed by atoms with van der Waals surface area (Å²) in [6.45, 7) is 1.97. The Labute approximate surface area is 82.7 Å². The minimum Gasteiger partial charge on any atom is -0.264 e. The number of aromatic nitrogens is 2. The van der Waals surface area contributed by atoms with Crippen LogP contribution in [-0.4, -0.2) is 15.4 Å². The summed E-state index contributed by atoms with van der Waals surface area (Å²) in [4.78, 5) is 4.04. The van der Waals surface area contributed by atoms with Gasteiger partial charge in [-0.15, -0.1) is 0 Å². The van der Waals surface area contributed by atoms with Crippen LogP contribution < -0.4 is 0 Å². The summed E-state index contributed by atoms with van der Waals surface area (Å²) in [5.74, 6) is 0. The van der Waals surface area contributed by atoms with E-state index in [2.05, 4.69) is 10.1 Å². The highest BCUT2D eigenvalue weighted by Crippen LogP contribution is 1.99. The van der Waals surface area contributed by atoms with Gasteiger partial charge < -0.3 is 0 Å². The van der Waals surface area contributed by atoms with Crippen LogP contribution in [0.15, 0.2) is 54.2 Å². The van der Waals surface area contributed by atoms with Crippen LogP contribution in [0.25, 0.3) is 0 Å². The third kappa shape index (κ3) is 1.88. The predicted molar refractivity (Wildman–Crippen MR) is 56.3 cm³/mol. The Balaban J connectivity index is 2.29. The minimum absolute atomic E-state index is 0.953. The molecule has 0 aliphatic carbocycles. The monoisotopic (exact) mass is 185 g/mol. The van der Waals surface area contributed by atoms with E-state index in [0.717, 1.165) is 11.3 Å². The van der Waals surface area contributed by atoms with Crippen LogP contribution in [0, 0.1) is 0 Å². The van der Waals surface area contributed by atoms with Gasteiger partial charge in [0.15, 0.2) is 0 Å².